The Hall–Kier alpha value is -1.74. The number of thioether (sulfide) groups is 1. The molecule has 0 radical (unpaired) electrons. The molecule has 2 rings (SSSR count). The van der Waals surface area contributed by atoms with Crippen molar-refractivity contribution in [2.45, 2.75) is 31.2 Å². The first-order valence-electron chi connectivity index (χ1n) is 7.08. The van der Waals surface area contributed by atoms with Gasteiger partial charge in [0.05, 0.1) is 12.5 Å². The van der Waals surface area contributed by atoms with Gasteiger partial charge in [0.2, 0.25) is 5.91 Å². The number of carbonyl (C=O) groups excluding carboxylic acids is 1. The molecule has 110 valence electrons. The van der Waals surface area contributed by atoms with Crippen molar-refractivity contribution < 1.29 is 4.79 Å². The zero-order valence-corrected chi connectivity index (χ0v) is 13.5. The van der Waals surface area contributed by atoms with Crippen LogP contribution in [-0.4, -0.2) is 12.2 Å². The molecule has 0 aliphatic heterocycles. The van der Waals surface area contributed by atoms with Gasteiger partial charge < -0.3 is 5.32 Å². The lowest BCUT2D eigenvalue weighted by atomic mass is 10.0. The SMILES string of the molecule is CSc1ccc([C@@H](C)NC(=O)Cc2ccccc2C)cc1. The first-order chi connectivity index (χ1) is 10.1. The van der Waals surface area contributed by atoms with Crippen LogP contribution in [0.1, 0.15) is 29.7 Å². The fourth-order valence-corrected chi connectivity index (χ4v) is 2.66. The van der Waals surface area contributed by atoms with Crippen LogP contribution in [-0.2, 0) is 11.2 Å². The van der Waals surface area contributed by atoms with Crippen molar-refractivity contribution in [3.05, 3.63) is 65.2 Å². The van der Waals surface area contributed by atoms with E-state index in [1.165, 1.54) is 4.90 Å². The van der Waals surface area contributed by atoms with Gasteiger partial charge in [-0.2, -0.15) is 0 Å². The third-order valence-corrected chi connectivity index (χ3v) is 4.35. The molecule has 0 aromatic heterocycles. The van der Waals surface area contributed by atoms with Gasteiger partial charge in [-0.05, 0) is 48.9 Å². The molecule has 0 saturated carbocycles. The Morgan fingerprint density at radius 2 is 1.81 bits per heavy atom. The van der Waals surface area contributed by atoms with Gasteiger partial charge in [-0.3, -0.25) is 4.79 Å². The lowest BCUT2D eigenvalue weighted by Crippen LogP contribution is -2.28. The smallest absolute Gasteiger partial charge is 0.224 e. The van der Waals surface area contributed by atoms with Gasteiger partial charge in [0.15, 0.2) is 0 Å². The van der Waals surface area contributed by atoms with Gasteiger partial charge in [0.1, 0.15) is 0 Å². The van der Waals surface area contributed by atoms with Crippen LogP contribution in [0.2, 0.25) is 0 Å². The van der Waals surface area contributed by atoms with Crippen molar-refractivity contribution in [2.24, 2.45) is 0 Å². The van der Waals surface area contributed by atoms with Gasteiger partial charge in [-0.15, -0.1) is 11.8 Å². The number of aryl methyl sites for hydroxylation is 1. The standard InChI is InChI=1S/C18H21NOS/c1-13-6-4-5-7-16(13)12-18(20)19-14(2)15-8-10-17(21-3)11-9-15/h4-11,14H,12H2,1-3H3,(H,19,20)/t14-/m1/s1. The lowest BCUT2D eigenvalue weighted by Gasteiger charge is -2.15. The number of benzene rings is 2. The van der Waals surface area contributed by atoms with Gasteiger partial charge in [-0.1, -0.05) is 36.4 Å². The van der Waals surface area contributed by atoms with Crippen LogP contribution in [0.15, 0.2) is 53.4 Å². The molecule has 0 spiro atoms. The van der Waals surface area contributed by atoms with E-state index in [0.29, 0.717) is 6.42 Å². The van der Waals surface area contributed by atoms with E-state index in [1.807, 2.05) is 38.1 Å². The molecule has 2 aromatic rings. The van der Waals surface area contributed by atoms with Crippen molar-refractivity contribution in [2.75, 3.05) is 6.26 Å². The molecular formula is C18H21NOS. The van der Waals surface area contributed by atoms with Gasteiger partial charge in [0.25, 0.3) is 0 Å². The molecule has 0 saturated heterocycles. The van der Waals surface area contributed by atoms with Gasteiger partial charge in [0, 0.05) is 4.90 Å². The lowest BCUT2D eigenvalue weighted by molar-refractivity contribution is -0.121. The van der Waals surface area contributed by atoms with E-state index in [4.69, 9.17) is 0 Å². The maximum absolute atomic E-state index is 12.2. The molecule has 3 heteroatoms. The molecule has 2 nitrogen and oxygen atoms in total. The van der Waals surface area contributed by atoms with E-state index in [2.05, 4.69) is 35.8 Å². The minimum atomic E-state index is 0.0254. The fraction of sp³-hybridized carbons (Fsp3) is 0.278. The van der Waals surface area contributed by atoms with E-state index >= 15 is 0 Å². The summed E-state index contributed by atoms with van der Waals surface area (Å²) in [4.78, 5) is 13.4. The minimum Gasteiger partial charge on any atom is -0.349 e. The highest BCUT2D eigenvalue weighted by Crippen LogP contribution is 2.19. The second-order valence-corrected chi connectivity index (χ2v) is 6.05. The molecular weight excluding hydrogens is 278 g/mol. The highest BCUT2D eigenvalue weighted by molar-refractivity contribution is 7.98. The van der Waals surface area contributed by atoms with Crippen molar-refractivity contribution in [1.82, 2.24) is 5.32 Å². The summed E-state index contributed by atoms with van der Waals surface area (Å²) < 4.78 is 0. The van der Waals surface area contributed by atoms with Crippen molar-refractivity contribution in [1.29, 1.82) is 0 Å². The van der Waals surface area contributed by atoms with Gasteiger partial charge in [-0.25, -0.2) is 0 Å². The first-order valence-corrected chi connectivity index (χ1v) is 8.30. The molecule has 0 aliphatic carbocycles. The van der Waals surface area contributed by atoms with E-state index < -0.39 is 0 Å². The second kappa shape index (κ2) is 7.32. The summed E-state index contributed by atoms with van der Waals surface area (Å²) >= 11 is 1.72. The zero-order valence-electron chi connectivity index (χ0n) is 12.7. The molecule has 1 N–H and O–H groups in total. The Balaban J connectivity index is 1.97. The number of nitrogens with one attached hydrogen (secondary N) is 1. The Bertz CT molecular complexity index is 607. The van der Waals surface area contributed by atoms with Crippen LogP contribution < -0.4 is 5.32 Å². The Morgan fingerprint density at radius 3 is 2.43 bits per heavy atom. The molecule has 0 bridgehead atoms. The Kier molecular flexibility index (Phi) is 5.45. The fourth-order valence-electron chi connectivity index (χ4n) is 2.25. The Labute approximate surface area is 131 Å². The van der Waals surface area contributed by atoms with E-state index in [0.717, 1.165) is 16.7 Å². The Morgan fingerprint density at radius 1 is 1.14 bits per heavy atom. The maximum atomic E-state index is 12.2. The summed E-state index contributed by atoms with van der Waals surface area (Å²) in [6.45, 7) is 4.05. The van der Waals surface area contributed by atoms with Crippen molar-refractivity contribution in [3.8, 4) is 0 Å². The number of carbonyl (C=O) groups is 1. The highest BCUT2D eigenvalue weighted by Gasteiger charge is 2.11. The molecule has 0 heterocycles. The van der Waals surface area contributed by atoms with E-state index in [9.17, 15) is 4.79 Å². The number of rotatable bonds is 5. The maximum Gasteiger partial charge on any atom is 0.224 e. The zero-order chi connectivity index (χ0) is 15.2. The quantitative estimate of drug-likeness (QED) is 0.841. The van der Waals surface area contributed by atoms with E-state index in [1.54, 1.807) is 11.8 Å². The predicted molar refractivity (Wildman–Crippen MR) is 89.7 cm³/mol. The molecule has 0 unspecified atom stereocenters. The highest BCUT2D eigenvalue weighted by atomic mass is 32.2. The van der Waals surface area contributed by atoms with E-state index in [-0.39, 0.29) is 11.9 Å². The number of amides is 1. The summed E-state index contributed by atoms with van der Waals surface area (Å²) in [7, 11) is 0. The summed E-state index contributed by atoms with van der Waals surface area (Å²) in [6.07, 6.45) is 2.49. The topological polar surface area (TPSA) is 29.1 Å². The van der Waals surface area contributed by atoms with Crippen LogP contribution in [0.3, 0.4) is 0 Å². The number of hydrogen-bond acceptors (Lipinski definition) is 2. The molecule has 21 heavy (non-hydrogen) atoms. The van der Waals surface area contributed by atoms with Crippen molar-refractivity contribution >= 4 is 17.7 Å². The summed E-state index contributed by atoms with van der Waals surface area (Å²) in [6, 6.07) is 16.4. The minimum absolute atomic E-state index is 0.0254. The summed E-state index contributed by atoms with van der Waals surface area (Å²) in [5.74, 6) is 0.0609. The van der Waals surface area contributed by atoms with Crippen LogP contribution in [0.4, 0.5) is 0 Å². The normalized spacial score (nSPS) is 12.0. The average molecular weight is 299 g/mol. The average Bonchev–Trinajstić information content (AvgIpc) is 2.49. The molecule has 0 fully saturated rings. The third kappa shape index (κ3) is 4.36. The largest absolute Gasteiger partial charge is 0.349 e. The summed E-state index contributed by atoms with van der Waals surface area (Å²) in [5, 5.41) is 3.06. The predicted octanol–water partition coefficient (Wildman–Crippen LogP) is 4.14. The van der Waals surface area contributed by atoms with Crippen LogP contribution in [0.25, 0.3) is 0 Å². The van der Waals surface area contributed by atoms with Gasteiger partial charge >= 0.3 is 0 Å². The molecule has 2 aromatic carbocycles. The molecule has 1 amide bonds. The van der Waals surface area contributed by atoms with Crippen molar-refractivity contribution in [3.63, 3.8) is 0 Å². The number of hydrogen-bond donors (Lipinski definition) is 1. The first kappa shape index (κ1) is 15.6. The van der Waals surface area contributed by atoms with Crippen LogP contribution in [0, 0.1) is 6.92 Å². The summed E-state index contributed by atoms with van der Waals surface area (Å²) in [5.41, 5.74) is 3.37. The monoisotopic (exact) mass is 299 g/mol. The molecule has 0 aliphatic rings. The third-order valence-electron chi connectivity index (χ3n) is 3.61. The molecule has 1 atom stereocenters. The van der Waals surface area contributed by atoms with Crippen LogP contribution in [0.5, 0.6) is 0 Å². The van der Waals surface area contributed by atoms with Crippen LogP contribution >= 0.6 is 11.8 Å². The second-order valence-electron chi connectivity index (χ2n) is 5.17.